The van der Waals surface area contributed by atoms with E-state index in [0.29, 0.717) is 24.2 Å². The number of carbonyl (C=O) groups excluding carboxylic acids is 1. The number of nitrogens with zero attached hydrogens (tertiary/aromatic N) is 1. The van der Waals surface area contributed by atoms with Gasteiger partial charge in [-0.05, 0) is 23.0 Å². The molecule has 1 N–H and O–H groups in total. The topological polar surface area (TPSA) is 75.7 Å². The summed E-state index contributed by atoms with van der Waals surface area (Å²) in [5.74, 6) is -0.987. The van der Waals surface area contributed by atoms with Gasteiger partial charge in [-0.25, -0.2) is 21.9 Å². The maximum absolute atomic E-state index is 15.8. The third-order valence-electron chi connectivity index (χ3n) is 8.13. The van der Waals surface area contributed by atoms with Crippen LogP contribution in [0.25, 0.3) is 11.1 Å². The maximum atomic E-state index is 15.8. The summed E-state index contributed by atoms with van der Waals surface area (Å²) in [5.41, 5.74) is -0.361. The van der Waals surface area contributed by atoms with E-state index < -0.39 is 61.8 Å². The highest BCUT2D eigenvalue weighted by Crippen LogP contribution is 2.85. The van der Waals surface area contributed by atoms with Crippen LogP contribution in [0.1, 0.15) is 12.0 Å². The van der Waals surface area contributed by atoms with Crippen molar-refractivity contribution in [2.75, 3.05) is 19.2 Å². The second-order valence-corrected chi connectivity index (χ2v) is 11.7. The van der Waals surface area contributed by atoms with Crippen LogP contribution in [0.2, 0.25) is 10.4 Å². The van der Waals surface area contributed by atoms with Crippen LogP contribution in [-0.4, -0.2) is 88.0 Å². The molecule has 2 aliphatic heterocycles. The summed E-state index contributed by atoms with van der Waals surface area (Å²) >= 11 is 0. The van der Waals surface area contributed by atoms with E-state index in [1.807, 2.05) is 6.07 Å². The largest absolute Gasteiger partial charge is 0.368 e. The van der Waals surface area contributed by atoms with E-state index in [0.717, 1.165) is 0 Å². The lowest BCUT2D eigenvalue weighted by atomic mass is 9.49. The van der Waals surface area contributed by atoms with Gasteiger partial charge in [-0.3, -0.25) is 4.79 Å². The number of hydrogen-bond donors (Lipinski definition) is 1. The Morgan fingerprint density at radius 2 is 1.73 bits per heavy atom. The zero-order chi connectivity index (χ0) is 26.8. The van der Waals surface area contributed by atoms with Gasteiger partial charge in [0, 0.05) is 24.6 Å². The van der Waals surface area contributed by atoms with Gasteiger partial charge in [0.1, 0.15) is 11.9 Å². The second kappa shape index (κ2) is 8.99. The summed E-state index contributed by atoms with van der Waals surface area (Å²) in [7, 11) is 20.6. The number of halogens is 2. The summed E-state index contributed by atoms with van der Waals surface area (Å²) in [5, 5.41) is -3.61. The van der Waals surface area contributed by atoms with Crippen LogP contribution in [0.5, 0.6) is 0 Å². The van der Waals surface area contributed by atoms with E-state index >= 15 is 4.39 Å². The van der Waals surface area contributed by atoms with E-state index in [-0.39, 0.29) is 18.5 Å². The Morgan fingerprint density at radius 1 is 1.08 bits per heavy atom. The molecular formula is C24H22B4F2N2O4S. The van der Waals surface area contributed by atoms with E-state index in [1.54, 1.807) is 42.5 Å². The molecule has 6 nitrogen and oxygen atoms in total. The second-order valence-electron chi connectivity index (χ2n) is 10.1. The van der Waals surface area contributed by atoms with Crippen LogP contribution >= 0.6 is 0 Å². The predicted octanol–water partition coefficient (Wildman–Crippen LogP) is 1.16. The zero-order valence-electron chi connectivity index (χ0n) is 19.9. The molecule has 0 bridgehead atoms. The van der Waals surface area contributed by atoms with Crippen molar-refractivity contribution < 1.29 is 26.7 Å². The third kappa shape index (κ3) is 3.91. The van der Waals surface area contributed by atoms with Crippen molar-refractivity contribution in [2.24, 2.45) is 5.41 Å². The molecule has 2 aromatic rings. The van der Waals surface area contributed by atoms with Gasteiger partial charge in [-0.2, -0.15) is 0 Å². The molecule has 2 heterocycles. The summed E-state index contributed by atoms with van der Waals surface area (Å²) in [6, 6.07) is 9.66. The minimum Gasteiger partial charge on any atom is -0.368 e. The van der Waals surface area contributed by atoms with Crippen molar-refractivity contribution >= 4 is 47.3 Å². The normalized spacial score (nSPS) is 27.1. The first-order valence-electron chi connectivity index (χ1n) is 11.8. The first kappa shape index (κ1) is 26.5. The Labute approximate surface area is 220 Å². The molecule has 3 fully saturated rings. The minimum absolute atomic E-state index is 0.141. The van der Waals surface area contributed by atoms with E-state index in [4.69, 9.17) is 36.1 Å². The Hall–Kier alpha value is -2.10. The van der Waals surface area contributed by atoms with Gasteiger partial charge in [0.2, 0.25) is 16.0 Å². The van der Waals surface area contributed by atoms with Crippen LogP contribution in [0.15, 0.2) is 48.5 Å². The zero-order valence-corrected chi connectivity index (χ0v) is 20.8. The SMILES string of the molecule is [B]C1([B])C([B])([B])C12CN(C(=O)[C@H]1CCO1)[C@@H](Cc1cccc(-c3ccccc3)c1F)[C@H]2NS(=O)(=O)CF. The van der Waals surface area contributed by atoms with Gasteiger partial charge in [0.25, 0.3) is 5.91 Å². The highest BCUT2D eigenvalue weighted by molar-refractivity contribution is 7.89. The quantitative estimate of drug-likeness (QED) is 0.562. The Bertz CT molecular complexity index is 1310. The highest BCUT2D eigenvalue weighted by Gasteiger charge is 2.80. The van der Waals surface area contributed by atoms with Crippen LogP contribution in [0.3, 0.4) is 0 Å². The molecule has 1 aliphatic carbocycles. The van der Waals surface area contributed by atoms with Gasteiger partial charge < -0.3 is 9.64 Å². The highest BCUT2D eigenvalue weighted by atomic mass is 32.2. The lowest BCUT2D eigenvalue weighted by molar-refractivity contribution is -0.157. The number of likely N-dealkylation sites (tertiary alicyclic amines) is 1. The summed E-state index contributed by atoms with van der Waals surface area (Å²) in [6.07, 6.45) is -0.441. The number of hydrogen-bond acceptors (Lipinski definition) is 4. The number of amides is 1. The lowest BCUT2D eigenvalue weighted by Crippen LogP contribution is -2.53. The first-order chi connectivity index (χ1) is 17.4. The number of benzene rings is 2. The predicted molar refractivity (Wildman–Crippen MR) is 138 cm³/mol. The van der Waals surface area contributed by atoms with Gasteiger partial charge in [-0.15, -0.1) is 0 Å². The summed E-state index contributed by atoms with van der Waals surface area (Å²) < 4.78 is 61.7. The van der Waals surface area contributed by atoms with Crippen molar-refractivity contribution in [3.05, 3.63) is 59.9 Å². The fourth-order valence-electron chi connectivity index (χ4n) is 5.82. The molecule has 3 aliphatic rings. The number of rotatable bonds is 7. The smallest absolute Gasteiger partial charge is 0.252 e. The summed E-state index contributed by atoms with van der Waals surface area (Å²) in [6.45, 7) is 0.178. The van der Waals surface area contributed by atoms with Crippen LogP contribution in [0, 0.1) is 11.2 Å². The molecule has 3 atom stereocenters. The molecule has 8 radical (unpaired) electrons. The third-order valence-corrected chi connectivity index (χ3v) is 9.03. The Kier molecular flexibility index (Phi) is 6.44. The van der Waals surface area contributed by atoms with E-state index in [1.165, 1.54) is 4.90 Å². The van der Waals surface area contributed by atoms with Crippen molar-refractivity contribution in [1.29, 1.82) is 0 Å². The molecule has 184 valence electrons. The van der Waals surface area contributed by atoms with Gasteiger partial charge in [0.05, 0.1) is 44.0 Å². The van der Waals surface area contributed by atoms with Crippen LogP contribution in [0.4, 0.5) is 8.78 Å². The number of alkyl halides is 1. The molecule has 2 aromatic carbocycles. The summed E-state index contributed by atoms with van der Waals surface area (Å²) in [4.78, 5) is 14.8. The Balaban J connectivity index is 1.60. The average Bonchev–Trinajstić information content (AvgIpc) is 3.04. The van der Waals surface area contributed by atoms with E-state index in [2.05, 4.69) is 4.72 Å². The fourth-order valence-corrected chi connectivity index (χ4v) is 6.63. The number of nitrogens with one attached hydrogen (secondary N) is 1. The van der Waals surface area contributed by atoms with Crippen molar-refractivity contribution in [3.63, 3.8) is 0 Å². The molecule has 0 aromatic heterocycles. The Morgan fingerprint density at radius 3 is 2.27 bits per heavy atom. The number of sulfonamides is 1. The van der Waals surface area contributed by atoms with E-state index in [9.17, 15) is 17.6 Å². The standard InChI is InChI=1S/C24H22B4F2N2O4S/c25-23(26)22(24(23,27)28)12-32(21(33)18-9-10-36-18)17(20(22)31-37(34,35)13-29)11-15-7-4-8-16(19(15)30)14-5-2-1-3-6-14/h1-8,17-18,20,31H,9-13H2/t17-,18+,20+/m0/s1. The van der Waals surface area contributed by atoms with Gasteiger partial charge in [-0.1, -0.05) is 59.0 Å². The molecule has 2 saturated heterocycles. The molecule has 1 saturated carbocycles. The molecule has 0 unspecified atom stereocenters. The lowest BCUT2D eigenvalue weighted by Gasteiger charge is -2.34. The maximum Gasteiger partial charge on any atom is 0.252 e. The van der Waals surface area contributed by atoms with Gasteiger partial charge in [0.15, 0.2) is 0 Å². The molecular weight excluding hydrogens is 494 g/mol. The van der Waals surface area contributed by atoms with Crippen molar-refractivity contribution in [2.45, 2.75) is 41.5 Å². The number of carbonyl (C=O) groups is 1. The molecule has 5 rings (SSSR count). The average molecular weight is 516 g/mol. The van der Waals surface area contributed by atoms with Crippen LogP contribution < -0.4 is 4.72 Å². The molecule has 37 heavy (non-hydrogen) atoms. The fraction of sp³-hybridized carbons (Fsp3) is 0.458. The van der Waals surface area contributed by atoms with Crippen molar-refractivity contribution in [3.8, 4) is 11.1 Å². The monoisotopic (exact) mass is 516 g/mol. The van der Waals surface area contributed by atoms with Crippen LogP contribution in [-0.2, 0) is 26.0 Å². The number of ether oxygens (including phenoxy) is 1. The molecule has 1 spiro atoms. The first-order valence-corrected chi connectivity index (χ1v) is 13.5. The van der Waals surface area contributed by atoms with Crippen molar-refractivity contribution in [1.82, 2.24) is 9.62 Å². The molecule has 1 amide bonds. The molecule has 13 heteroatoms. The minimum atomic E-state index is -4.48. The van der Waals surface area contributed by atoms with Gasteiger partial charge >= 0.3 is 0 Å².